The van der Waals surface area contributed by atoms with Crippen LogP contribution in [-0.4, -0.2) is 48.6 Å². The largest absolute Gasteiger partial charge is 0.384 e. The Hall–Kier alpha value is -4.28. The number of amides is 4. The number of hydrogen-bond donors (Lipinski definition) is 1. The van der Waals surface area contributed by atoms with Crippen LogP contribution in [0.2, 0.25) is 0 Å². The van der Waals surface area contributed by atoms with Crippen LogP contribution in [0.3, 0.4) is 0 Å². The van der Waals surface area contributed by atoms with Gasteiger partial charge >= 0.3 is 6.03 Å². The second kappa shape index (κ2) is 8.99. The summed E-state index contributed by atoms with van der Waals surface area (Å²) < 4.78 is 16.5. The number of urea groups is 1. The Kier molecular flexibility index (Phi) is 5.93. The fourth-order valence-corrected chi connectivity index (χ4v) is 5.30. The van der Waals surface area contributed by atoms with Gasteiger partial charge in [-0.3, -0.25) is 14.3 Å². The highest BCUT2D eigenvalue weighted by Gasteiger charge is 2.62. The van der Waals surface area contributed by atoms with Crippen molar-refractivity contribution in [2.75, 3.05) is 10.7 Å². The highest BCUT2D eigenvalue weighted by atomic mass is 19.1. The number of rotatable bonds is 6. The summed E-state index contributed by atoms with van der Waals surface area (Å²) in [6.07, 6.45) is 3.62. The van der Waals surface area contributed by atoms with Gasteiger partial charge in [0.25, 0.3) is 5.91 Å². The van der Waals surface area contributed by atoms with Crippen LogP contribution >= 0.6 is 0 Å². The maximum absolute atomic E-state index is 15.0. The Bertz CT molecular complexity index is 1400. The number of aromatic nitrogens is 3. The van der Waals surface area contributed by atoms with E-state index in [1.54, 1.807) is 51.4 Å². The van der Waals surface area contributed by atoms with Gasteiger partial charge in [-0.05, 0) is 50.5 Å². The Balaban J connectivity index is 1.57. The van der Waals surface area contributed by atoms with Crippen LogP contribution < -0.4 is 10.7 Å². The molecular formula is C26H28FN7O3. The van der Waals surface area contributed by atoms with Gasteiger partial charge < -0.3 is 5.73 Å². The molecule has 0 radical (unpaired) electrons. The zero-order chi connectivity index (χ0) is 26.6. The molecule has 5 rings (SSSR count). The van der Waals surface area contributed by atoms with Gasteiger partial charge in [-0.15, -0.1) is 0 Å². The van der Waals surface area contributed by atoms with E-state index in [2.05, 4.69) is 10.1 Å². The summed E-state index contributed by atoms with van der Waals surface area (Å²) in [7, 11) is 1.69. The first kappa shape index (κ1) is 24.4. The first-order chi connectivity index (χ1) is 17.6. The van der Waals surface area contributed by atoms with Crippen molar-refractivity contribution in [1.82, 2.24) is 24.7 Å². The minimum Gasteiger partial charge on any atom is -0.384 e. The van der Waals surface area contributed by atoms with Crippen molar-refractivity contribution in [2.45, 2.75) is 45.7 Å². The van der Waals surface area contributed by atoms with Crippen molar-refractivity contribution in [1.29, 1.82) is 0 Å². The molecule has 4 amide bonds. The lowest BCUT2D eigenvalue weighted by Crippen LogP contribution is -2.78. The topological polar surface area (TPSA) is 118 Å². The number of fused-ring (bicyclic) bond motifs is 1. The van der Waals surface area contributed by atoms with Crippen molar-refractivity contribution in [3.8, 4) is 0 Å². The minimum atomic E-state index is -0.994. The molecule has 2 saturated heterocycles. The Morgan fingerprint density at radius 2 is 1.86 bits per heavy atom. The lowest BCUT2D eigenvalue weighted by Gasteiger charge is -2.55. The molecule has 4 heterocycles. The van der Waals surface area contributed by atoms with Crippen LogP contribution in [0.4, 0.5) is 20.7 Å². The van der Waals surface area contributed by atoms with Crippen LogP contribution in [0.15, 0.2) is 42.7 Å². The third kappa shape index (κ3) is 4.00. The highest BCUT2D eigenvalue weighted by molar-refractivity contribution is 6.16. The van der Waals surface area contributed by atoms with E-state index in [0.717, 1.165) is 16.0 Å². The van der Waals surface area contributed by atoms with Crippen LogP contribution in [-0.2, 0) is 23.1 Å². The summed E-state index contributed by atoms with van der Waals surface area (Å²) in [6, 6.07) is 5.61. The van der Waals surface area contributed by atoms with E-state index >= 15 is 0 Å². The summed E-state index contributed by atoms with van der Waals surface area (Å²) in [4.78, 5) is 46.3. The molecule has 0 spiro atoms. The highest BCUT2D eigenvalue weighted by Crippen LogP contribution is 2.42. The molecule has 37 heavy (non-hydrogen) atoms. The molecule has 2 aliphatic heterocycles. The molecule has 2 N–H and O–H groups in total. The molecule has 2 aromatic heterocycles. The van der Waals surface area contributed by atoms with E-state index in [4.69, 9.17) is 5.73 Å². The van der Waals surface area contributed by atoms with Gasteiger partial charge in [-0.2, -0.15) is 5.10 Å². The number of halogens is 1. The standard InChI is InChI=1S/C26H28FN7O3/c1-5-21(18-8-14(2)6-7-20(18)27)34-26(37)32-23(25(36)33(34)17-12-29-31(4)13-17)19(24(32)35)10-16-9-15(3)30-22(28)11-16/h6-9,11-13,19,21,23H,5,10H2,1-4H3,(H2,28,30)/t19-,21-,23+/m1/s1. The van der Waals surface area contributed by atoms with Crippen molar-refractivity contribution in [3.05, 3.63) is 70.9 Å². The van der Waals surface area contributed by atoms with E-state index in [0.29, 0.717) is 23.6 Å². The molecule has 0 bridgehead atoms. The molecular weight excluding hydrogens is 477 g/mol. The maximum atomic E-state index is 15.0. The van der Waals surface area contributed by atoms with Gasteiger partial charge in [-0.1, -0.05) is 24.6 Å². The molecule has 2 aliphatic rings. The smallest absolute Gasteiger partial charge is 0.347 e. The molecule has 10 nitrogen and oxygen atoms in total. The van der Waals surface area contributed by atoms with Crippen molar-refractivity contribution < 1.29 is 18.8 Å². The number of β-lactam (4-membered cyclic amide) rings is 1. The van der Waals surface area contributed by atoms with E-state index in [1.807, 2.05) is 6.92 Å². The maximum Gasteiger partial charge on any atom is 0.347 e. The molecule has 3 aromatic rings. The van der Waals surface area contributed by atoms with E-state index in [-0.39, 0.29) is 12.0 Å². The second-order valence-electron chi connectivity index (χ2n) is 9.60. The summed E-state index contributed by atoms with van der Waals surface area (Å²) in [5, 5.41) is 6.61. The average molecular weight is 506 g/mol. The number of pyridine rings is 1. The van der Waals surface area contributed by atoms with Crippen molar-refractivity contribution in [3.63, 3.8) is 0 Å². The third-order valence-electron chi connectivity index (χ3n) is 6.91. The van der Waals surface area contributed by atoms with E-state index in [9.17, 15) is 18.8 Å². The molecule has 11 heteroatoms. The lowest BCUT2D eigenvalue weighted by atomic mass is 9.81. The number of nitrogens with zero attached hydrogens (tertiary/aromatic N) is 6. The lowest BCUT2D eigenvalue weighted by molar-refractivity contribution is -0.162. The van der Waals surface area contributed by atoms with Crippen LogP contribution in [0.5, 0.6) is 0 Å². The molecule has 3 atom stereocenters. The summed E-state index contributed by atoms with van der Waals surface area (Å²) >= 11 is 0. The van der Waals surface area contributed by atoms with Gasteiger partial charge in [0.15, 0.2) is 0 Å². The van der Waals surface area contributed by atoms with Crippen LogP contribution in [0.25, 0.3) is 0 Å². The predicted molar refractivity (Wildman–Crippen MR) is 133 cm³/mol. The number of carbonyl (C=O) groups is 3. The van der Waals surface area contributed by atoms with E-state index in [1.165, 1.54) is 27.0 Å². The number of carbonyl (C=O) groups excluding carboxylic acids is 3. The summed E-state index contributed by atoms with van der Waals surface area (Å²) in [5.74, 6) is -1.83. The molecule has 0 aliphatic carbocycles. The zero-order valence-electron chi connectivity index (χ0n) is 21.1. The average Bonchev–Trinajstić information content (AvgIpc) is 3.26. The zero-order valence-corrected chi connectivity index (χ0v) is 21.1. The number of aryl methyl sites for hydroxylation is 3. The second-order valence-corrected chi connectivity index (χ2v) is 9.60. The summed E-state index contributed by atoms with van der Waals surface area (Å²) in [5.41, 5.74) is 8.75. The quantitative estimate of drug-likeness (QED) is 0.515. The number of anilines is 2. The van der Waals surface area contributed by atoms with Gasteiger partial charge in [-0.25, -0.2) is 29.1 Å². The van der Waals surface area contributed by atoms with Gasteiger partial charge in [0.2, 0.25) is 5.91 Å². The molecule has 0 saturated carbocycles. The Morgan fingerprint density at radius 3 is 2.51 bits per heavy atom. The minimum absolute atomic E-state index is 0.233. The third-order valence-corrected chi connectivity index (χ3v) is 6.91. The fourth-order valence-electron chi connectivity index (χ4n) is 5.30. The molecule has 192 valence electrons. The predicted octanol–water partition coefficient (Wildman–Crippen LogP) is 3.06. The number of nitrogens with two attached hydrogens (primary N) is 1. The normalized spacial score (nSPS) is 20.2. The molecule has 1 aromatic carbocycles. The number of imide groups is 1. The SMILES string of the molecule is CC[C@H](c1cc(C)ccc1F)N1C(=O)N2C(=O)[C@H](Cc3cc(C)nc(N)c3)[C@H]2C(=O)N1c1cnn(C)c1. The Morgan fingerprint density at radius 1 is 1.11 bits per heavy atom. The molecule has 0 unspecified atom stereocenters. The van der Waals surface area contributed by atoms with Gasteiger partial charge in [0.05, 0.1) is 24.4 Å². The first-order valence-electron chi connectivity index (χ1n) is 12.1. The monoisotopic (exact) mass is 505 g/mol. The van der Waals surface area contributed by atoms with Crippen LogP contribution in [0, 0.1) is 25.6 Å². The van der Waals surface area contributed by atoms with E-state index < -0.39 is 41.7 Å². The first-order valence-corrected chi connectivity index (χ1v) is 12.1. The van der Waals surface area contributed by atoms with Crippen molar-refractivity contribution >= 4 is 29.4 Å². The van der Waals surface area contributed by atoms with Crippen molar-refractivity contribution in [2.24, 2.45) is 13.0 Å². The van der Waals surface area contributed by atoms with Gasteiger partial charge in [0, 0.05) is 18.3 Å². The number of benzene rings is 1. The summed E-state index contributed by atoms with van der Waals surface area (Å²) in [6.45, 7) is 5.42. The number of hydrazine groups is 1. The van der Waals surface area contributed by atoms with Crippen LogP contribution in [0.1, 0.15) is 41.8 Å². The van der Waals surface area contributed by atoms with Gasteiger partial charge in [0.1, 0.15) is 23.4 Å². The Labute approximate surface area is 213 Å². The fraction of sp³-hybridized carbons (Fsp3) is 0.346. The molecule has 2 fully saturated rings. The number of hydrogen-bond acceptors (Lipinski definition) is 6. The number of nitrogen functional groups attached to an aromatic ring is 1.